The molecule has 0 aromatic carbocycles. The summed E-state index contributed by atoms with van der Waals surface area (Å²) in [5.74, 6) is -0.536. The van der Waals surface area contributed by atoms with E-state index in [1.807, 2.05) is 0 Å². The van der Waals surface area contributed by atoms with Crippen LogP contribution in [0.25, 0.3) is 5.83 Å². The molecule has 31 heavy (non-hydrogen) atoms. The molecule has 2 fully saturated rings. The summed E-state index contributed by atoms with van der Waals surface area (Å²) in [7, 11) is -3.16. The van der Waals surface area contributed by atoms with E-state index in [-0.39, 0.29) is 45.3 Å². The van der Waals surface area contributed by atoms with Gasteiger partial charge in [0.2, 0.25) is 0 Å². The van der Waals surface area contributed by atoms with Crippen LogP contribution in [0.3, 0.4) is 0 Å². The molecule has 174 valence electrons. The van der Waals surface area contributed by atoms with Gasteiger partial charge in [-0.3, -0.25) is 9.36 Å². The van der Waals surface area contributed by atoms with Crippen LogP contribution in [0.1, 0.15) is 31.7 Å². The molecule has 0 aliphatic carbocycles. The summed E-state index contributed by atoms with van der Waals surface area (Å²) in [6.45, 7) is 2.25. The van der Waals surface area contributed by atoms with Crippen molar-refractivity contribution in [3.8, 4) is 0 Å². The molecule has 2 saturated heterocycles. The normalized spacial score (nSPS) is 27.9. The van der Waals surface area contributed by atoms with Crippen LogP contribution in [0.2, 0.25) is 0 Å². The van der Waals surface area contributed by atoms with Crippen LogP contribution in [0.15, 0.2) is 17.2 Å². The quantitative estimate of drug-likeness (QED) is 0.318. The molecule has 2 aliphatic rings. The summed E-state index contributed by atoms with van der Waals surface area (Å²) in [6.07, 6.45) is 3.32. The second-order valence-corrected chi connectivity index (χ2v) is 8.47. The van der Waals surface area contributed by atoms with Crippen molar-refractivity contribution in [1.82, 2.24) is 9.97 Å². The monoisotopic (exact) mass is 481 g/mol. The van der Waals surface area contributed by atoms with Crippen LogP contribution in [0.4, 0.5) is 10.2 Å². The lowest BCUT2D eigenvalue weighted by Gasteiger charge is -2.17. The predicted octanol–water partition coefficient (Wildman–Crippen LogP) is 2.11. The van der Waals surface area contributed by atoms with Gasteiger partial charge in [-0.25, -0.2) is 9.37 Å². The van der Waals surface area contributed by atoms with Crippen molar-refractivity contribution in [2.24, 2.45) is 0 Å². The van der Waals surface area contributed by atoms with Crippen LogP contribution in [-0.4, -0.2) is 59.2 Å². The van der Waals surface area contributed by atoms with E-state index in [0.29, 0.717) is 26.1 Å². The van der Waals surface area contributed by atoms with Gasteiger partial charge in [0.25, 0.3) is 5.56 Å². The number of aromatic nitrogens is 2. The summed E-state index contributed by atoms with van der Waals surface area (Å²) in [5, 5.41) is 2.97. The zero-order valence-corrected chi connectivity index (χ0v) is 18.8. The molecule has 1 aromatic rings. The topological polar surface area (TPSA) is 141 Å². The Kier molecular flexibility index (Phi) is 9.55. The lowest BCUT2D eigenvalue weighted by Crippen LogP contribution is -2.25. The van der Waals surface area contributed by atoms with Crippen molar-refractivity contribution < 1.29 is 36.9 Å². The first-order chi connectivity index (χ1) is 15.0. The number of aromatic amines is 1. The molecule has 2 aliphatic heterocycles. The predicted molar refractivity (Wildman–Crippen MR) is 112 cm³/mol. The van der Waals surface area contributed by atoms with E-state index in [1.54, 1.807) is 0 Å². The van der Waals surface area contributed by atoms with E-state index in [4.69, 9.17) is 23.4 Å². The number of ether oxygens (including phenoxy) is 2. The number of H-pyrrole nitrogens is 1. The highest BCUT2D eigenvalue weighted by Crippen LogP contribution is 2.29. The standard InChI is InChI=1S/C17H26FN3O8P2/c1-2-13(18)15-16(19-9-20-17(15)22)21-14-4-3-10(28-14)7-26-30-29-12-5-11(25-6-12)8-27-31(23)24/h2,9-12,14,30-31H,3-8H2,1H3,(H,23,24)(H2,19,20,21,22)/b13-2+/t10-,11?,12+,14+/m0/s1. The first-order valence-corrected chi connectivity index (χ1v) is 11.9. The van der Waals surface area contributed by atoms with E-state index >= 15 is 0 Å². The molecule has 3 heterocycles. The molecule has 11 nitrogen and oxygen atoms in total. The van der Waals surface area contributed by atoms with Gasteiger partial charge >= 0.3 is 8.25 Å². The average molecular weight is 481 g/mol. The van der Waals surface area contributed by atoms with Gasteiger partial charge in [0.1, 0.15) is 23.4 Å². The SMILES string of the molecule is C/C=C(/F)c1c(N[C@H]2CC[C@@H](COPO[C@H]3COC(CO[PH](=O)O)C3)O2)nc[nH]c1=O. The maximum atomic E-state index is 14.0. The fourth-order valence-electron chi connectivity index (χ4n) is 3.23. The molecule has 0 bridgehead atoms. The Balaban J connectivity index is 1.36. The molecular weight excluding hydrogens is 455 g/mol. The first kappa shape index (κ1) is 24.4. The molecular formula is C17H26FN3O8P2. The summed E-state index contributed by atoms with van der Waals surface area (Å²) in [5.41, 5.74) is -0.725. The molecule has 0 amide bonds. The van der Waals surface area contributed by atoms with Gasteiger partial charge in [0.05, 0.1) is 44.5 Å². The fraction of sp³-hybridized carbons (Fsp3) is 0.647. The fourth-order valence-corrected chi connectivity index (χ4v) is 4.18. The highest BCUT2D eigenvalue weighted by atomic mass is 31.1. The zero-order valence-electron chi connectivity index (χ0n) is 16.8. The number of anilines is 1. The number of hydrogen-bond donors (Lipinski definition) is 3. The van der Waals surface area contributed by atoms with Crippen molar-refractivity contribution >= 4 is 28.9 Å². The summed E-state index contributed by atoms with van der Waals surface area (Å²) >= 11 is 0. The molecule has 0 spiro atoms. The third-order valence-electron chi connectivity index (χ3n) is 4.73. The van der Waals surface area contributed by atoms with Gasteiger partial charge in [-0.2, -0.15) is 0 Å². The largest absolute Gasteiger partial charge is 0.373 e. The molecule has 3 N–H and O–H groups in total. The minimum Gasteiger partial charge on any atom is -0.373 e. The number of nitrogens with one attached hydrogen (secondary N) is 2. The van der Waals surface area contributed by atoms with E-state index in [1.165, 1.54) is 19.3 Å². The van der Waals surface area contributed by atoms with Crippen molar-refractivity contribution in [1.29, 1.82) is 0 Å². The van der Waals surface area contributed by atoms with Gasteiger partial charge in [0.15, 0.2) is 9.03 Å². The zero-order chi connectivity index (χ0) is 22.2. The summed E-state index contributed by atoms with van der Waals surface area (Å²) < 4.78 is 51.7. The van der Waals surface area contributed by atoms with Crippen molar-refractivity contribution in [3.63, 3.8) is 0 Å². The Labute approximate surface area is 180 Å². The molecule has 0 radical (unpaired) electrons. The second kappa shape index (κ2) is 12.1. The van der Waals surface area contributed by atoms with Gasteiger partial charge in [-0.15, -0.1) is 0 Å². The van der Waals surface area contributed by atoms with Crippen LogP contribution in [0, 0.1) is 0 Å². The number of halogens is 1. The van der Waals surface area contributed by atoms with E-state index in [0.717, 1.165) is 6.42 Å². The van der Waals surface area contributed by atoms with Crippen molar-refractivity contribution in [2.75, 3.05) is 25.1 Å². The molecule has 6 atom stereocenters. The summed E-state index contributed by atoms with van der Waals surface area (Å²) in [6, 6.07) is 0. The van der Waals surface area contributed by atoms with E-state index in [9.17, 15) is 13.8 Å². The Hall–Kier alpha value is -1.23. The Morgan fingerprint density at radius 1 is 1.48 bits per heavy atom. The number of nitrogens with zero attached hydrogens (tertiary/aromatic N) is 1. The number of allylic oxidation sites excluding steroid dienone is 1. The molecule has 14 heteroatoms. The smallest absolute Gasteiger partial charge is 0.316 e. The van der Waals surface area contributed by atoms with Gasteiger partial charge < -0.3 is 38.2 Å². The Morgan fingerprint density at radius 2 is 2.32 bits per heavy atom. The molecule has 3 rings (SSSR count). The minimum absolute atomic E-state index is 0.0598. The highest BCUT2D eigenvalue weighted by molar-refractivity contribution is 7.32. The maximum absolute atomic E-state index is 14.0. The average Bonchev–Trinajstić information content (AvgIpc) is 3.38. The summed E-state index contributed by atoms with van der Waals surface area (Å²) in [4.78, 5) is 27.0. The van der Waals surface area contributed by atoms with Crippen molar-refractivity contribution in [3.05, 3.63) is 28.3 Å². The minimum atomic E-state index is -2.96. The van der Waals surface area contributed by atoms with Crippen LogP contribution in [-0.2, 0) is 27.6 Å². The number of rotatable bonds is 11. The van der Waals surface area contributed by atoms with Gasteiger partial charge in [-0.05, 0) is 19.8 Å². The molecule has 3 unspecified atom stereocenters. The van der Waals surface area contributed by atoms with E-state index in [2.05, 4.69) is 19.8 Å². The molecule has 1 aromatic heterocycles. The van der Waals surface area contributed by atoms with E-state index < -0.39 is 25.9 Å². The maximum Gasteiger partial charge on any atom is 0.316 e. The third kappa shape index (κ3) is 7.40. The van der Waals surface area contributed by atoms with Gasteiger partial charge in [0, 0.05) is 6.42 Å². The van der Waals surface area contributed by atoms with Gasteiger partial charge in [-0.1, -0.05) is 6.08 Å². The Morgan fingerprint density at radius 3 is 3.10 bits per heavy atom. The van der Waals surface area contributed by atoms with Crippen LogP contribution in [0.5, 0.6) is 0 Å². The Bertz CT molecular complexity index is 842. The first-order valence-electron chi connectivity index (χ1n) is 9.77. The van der Waals surface area contributed by atoms with Crippen molar-refractivity contribution in [2.45, 2.75) is 50.7 Å². The second-order valence-electron chi connectivity index (χ2n) is 6.96. The lowest BCUT2D eigenvalue weighted by atomic mass is 10.2. The number of hydrogen-bond acceptors (Lipinski definition) is 9. The van der Waals surface area contributed by atoms with Crippen LogP contribution >= 0.6 is 17.3 Å². The molecule has 0 saturated carbocycles. The highest BCUT2D eigenvalue weighted by Gasteiger charge is 2.29. The van der Waals surface area contributed by atoms with Crippen LogP contribution < -0.4 is 10.9 Å². The third-order valence-corrected chi connectivity index (χ3v) is 5.86. The lowest BCUT2D eigenvalue weighted by molar-refractivity contribution is 0.0286.